The number of carboxylic acids is 1. The van der Waals surface area contributed by atoms with Crippen LogP contribution in [0.15, 0.2) is 0 Å². The van der Waals surface area contributed by atoms with Crippen LogP contribution in [0.4, 0.5) is 0 Å². The van der Waals surface area contributed by atoms with Crippen molar-refractivity contribution in [2.75, 3.05) is 6.61 Å². The predicted octanol–water partition coefficient (Wildman–Crippen LogP) is -6.09. The van der Waals surface area contributed by atoms with Crippen molar-refractivity contribution in [3.05, 3.63) is 0 Å². The Balaban J connectivity index is 5.01. The number of hydrogen-bond donors (Lipinski definition) is 8. The number of carboxylic acid groups (broad SMARTS) is 1. The highest BCUT2D eigenvalue weighted by atomic mass is 16.6. The highest BCUT2D eigenvalue weighted by Gasteiger charge is 2.40. The number of carbonyl (C=O) groups is 4. The first kappa shape index (κ1) is 23.0. The Morgan fingerprint density at radius 1 is 0.880 bits per heavy atom. The highest BCUT2D eigenvalue weighted by Crippen LogP contribution is 2.10. The molecule has 0 amide bonds. The second-order valence-electron chi connectivity index (χ2n) is 4.82. The molecule has 0 saturated heterocycles. The van der Waals surface area contributed by atoms with Gasteiger partial charge < -0.3 is 45.6 Å². The van der Waals surface area contributed by atoms with Gasteiger partial charge in [-0.3, -0.25) is 9.59 Å². The van der Waals surface area contributed by atoms with Crippen molar-refractivity contribution in [3.63, 3.8) is 0 Å². The number of aliphatic hydroxyl groups excluding tert-OH is 7. The van der Waals surface area contributed by atoms with E-state index in [4.69, 9.17) is 20.4 Å². The van der Waals surface area contributed by atoms with Gasteiger partial charge in [-0.1, -0.05) is 0 Å². The maximum Gasteiger partial charge on any atom is 0.378 e. The molecule has 0 saturated carbocycles. The first-order valence-electron chi connectivity index (χ1n) is 6.61. The molecule has 0 radical (unpaired) electrons. The summed E-state index contributed by atoms with van der Waals surface area (Å²) in [5.74, 6) is -5.81. The van der Waals surface area contributed by atoms with Crippen molar-refractivity contribution in [3.8, 4) is 0 Å². The number of esters is 1. The standard InChI is InChI=1S/C12H18O13/c13-1-3(15)5(16)7(18)10(21)12(24)25-4(2-14)6(17)8(19)9(20)11(22)23/h2-9,13,15-20H,1H2,(H,22,23)/t3-,4-,5+,6+,7+,8+,9-/m0/s1. The molecule has 0 bridgehead atoms. The van der Waals surface area contributed by atoms with Crippen LogP contribution >= 0.6 is 0 Å². The first-order valence-corrected chi connectivity index (χ1v) is 6.61. The van der Waals surface area contributed by atoms with Crippen molar-refractivity contribution in [1.82, 2.24) is 0 Å². The zero-order chi connectivity index (χ0) is 19.9. The number of hydrogen-bond acceptors (Lipinski definition) is 12. The molecule has 0 spiro atoms. The third-order valence-corrected chi connectivity index (χ3v) is 3.01. The van der Waals surface area contributed by atoms with Gasteiger partial charge in [0, 0.05) is 0 Å². The summed E-state index contributed by atoms with van der Waals surface area (Å²) in [6, 6.07) is 0. The van der Waals surface area contributed by atoms with Crippen LogP contribution in [0.3, 0.4) is 0 Å². The average Bonchev–Trinajstić information content (AvgIpc) is 2.60. The van der Waals surface area contributed by atoms with Crippen molar-refractivity contribution in [2.24, 2.45) is 0 Å². The summed E-state index contributed by atoms with van der Waals surface area (Å²) < 4.78 is 4.17. The van der Waals surface area contributed by atoms with Crippen LogP contribution in [-0.4, -0.2) is 114 Å². The molecular formula is C12H18O13. The third-order valence-electron chi connectivity index (χ3n) is 3.01. The molecule has 7 atom stereocenters. The molecule has 144 valence electrons. The number of aldehydes is 1. The van der Waals surface area contributed by atoms with E-state index in [-0.39, 0.29) is 6.29 Å². The quantitative estimate of drug-likeness (QED) is 0.0960. The molecule has 8 N–H and O–H groups in total. The lowest BCUT2D eigenvalue weighted by Gasteiger charge is -2.25. The van der Waals surface area contributed by atoms with E-state index >= 15 is 0 Å². The monoisotopic (exact) mass is 370 g/mol. The third kappa shape index (κ3) is 6.09. The molecule has 0 heterocycles. The molecule has 0 unspecified atom stereocenters. The normalized spacial score (nSPS) is 19.6. The fourth-order valence-corrected chi connectivity index (χ4v) is 1.48. The maximum atomic E-state index is 11.5. The molecule has 0 aromatic heterocycles. The second-order valence-corrected chi connectivity index (χ2v) is 4.82. The van der Waals surface area contributed by atoms with E-state index in [0.717, 1.165) is 0 Å². The van der Waals surface area contributed by atoms with Crippen LogP contribution in [-0.2, 0) is 23.9 Å². The smallest absolute Gasteiger partial charge is 0.378 e. The number of ether oxygens (including phenoxy) is 1. The molecule has 0 aromatic rings. The lowest BCUT2D eigenvalue weighted by molar-refractivity contribution is -0.179. The van der Waals surface area contributed by atoms with E-state index in [2.05, 4.69) is 4.74 Å². The topological polar surface area (TPSA) is 239 Å². The van der Waals surface area contributed by atoms with Gasteiger partial charge in [0.15, 0.2) is 24.6 Å². The van der Waals surface area contributed by atoms with Gasteiger partial charge in [-0.25, -0.2) is 9.59 Å². The van der Waals surface area contributed by atoms with Crippen molar-refractivity contribution < 1.29 is 64.8 Å². The van der Waals surface area contributed by atoms with E-state index in [1.165, 1.54) is 0 Å². The van der Waals surface area contributed by atoms with Gasteiger partial charge in [-0.05, 0) is 0 Å². The van der Waals surface area contributed by atoms with Crippen LogP contribution in [0, 0.1) is 0 Å². The summed E-state index contributed by atoms with van der Waals surface area (Å²) in [6.45, 7) is -1.06. The zero-order valence-corrected chi connectivity index (χ0v) is 12.4. The molecule has 0 aliphatic carbocycles. The van der Waals surface area contributed by atoms with Crippen LogP contribution in [0.5, 0.6) is 0 Å². The minimum atomic E-state index is -2.55. The molecule has 0 rings (SSSR count). The first-order chi connectivity index (χ1) is 11.5. The Hall–Kier alpha value is -2.00. The number of Topliss-reactive ketones (excluding diaryl/α,β-unsaturated/α-hetero) is 1. The summed E-state index contributed by atoms with van der Waals surface area (Å²) >= 11 is 0. The van der Waals surface area contributed by atoms with Crippen LogP contribution in [0.25, 0.3) is 0 Å². The number of rotatable bonds is 11. The largest absolute Gasteiger partial charge is 0.479 e. The summed E-state index contributed by atoms with van der Waals surface area (Å²) in [4.78, 5) is 44.2. The Bertz CT molecular complexity index is 491. The molecule has 25 heavy (non-hydrogen) atoms. The zero-order valence-electron chi connectivity index (χ0n) is 12.4. The van der Waals surface area contributed by atoms with Gasteiger partial charge in [-0.15, -0.1) is 0 Å². The molecule has 0 aliphatic heterocycles. The molecule has 0 aliphatic rings. The van der Waals surface area contributed by atoms with Crippen molar-refractivity contribution in [2.45, 2.75) is 42.7 Å². The van der Waals surface area contributed by atoms with E-state index in [0.29, 0.717) is 0 Å². The van der Waals surface area contributed by atoms with E-state index in [9.17, 15) is 39.6 Å². The van der Waals surface area contributed by atoms with Gasteiger partial charge >= 0.3 is 11.9 Å². The van der Waals surface area contributed by atoms with Crippen LogP contribution in [0.1, 0.15) is 0 Å². The maximum absolute atomic E-state index is 11.5. The lowest BCUT2D eigenvalue weighted by atomic mass is 10.0. The summed E-state index contributed by atoms with van der Waals surface area (Å²) in [7, 11) is 0. The van der Waals surface area contributed by atoms with Gasteiger partial charge in [0.1, 0.15) is 24.4 Å². The van der Waals surface area contributed by atoms with E-state index in [1.807, 2.05) is 0 Å². The number of aliphatic hydroxyl groups is 7. The second kappa shape index (κ2) is 10.1. The fourth-order valence-electron chi connectivity index (χ4n) is 1.48. The van der Waals surface area contributed by atoms with Crippen LogP contribution < -0.4 is 0 Å². The Morgan fingerprint density at radius 3 is 1.80 bits per heavy atom. The molecular weight excluding hydrogens is 352 g/mol. The Kier molecular flexibility index (Phi) is 9.29. The predicted molar refractivity (Wildman–Crippen MR) is 71.7 cm³/mol. The van der Waals surface area contributed by atoms with Gasteiger partial charge in [0.05, 0.1) is 6.61 Å². The fraction of sp³-hybridized carbons (Fsp3) is 0.667. The van der Waals surface area contributed by atoms with Crippen molar-refractivity contribution in [1.29, 1.82) is 0 Å². The Morgan fingerprint density at radius 2 is 1.40 bits per heavy atom. The minimum absolute atomic E-state index is 0.293. The van der Waals surface area contributed by atoms with Gasteiger partial charge in [0.2, 0.25) is 0 Å². The lowest BCUT2D eigenvalue weighted by Crippen LogP contribution is -2.51. The number of ketones is 1. The molecule has 0 fully saturated rings. The number of aliphatic carboxylic acids is 1. The van der Waals surface area contributed by atoms with Crippen LogP contribution in [0.2, 0.25) is 0 Å². The number of carbonyl (C=O) groups excluding carboxylic acids is 3. The Labute approximate surface area is 139 Å². The van der Waals surface area contributed by atoms with Crippen molar-refractivity contribution >= 4 is 24.0 Å². The molecule has 0 aromatic carbocycles. The summed E-state index contributed by atoms with van der Waals surface area (Å²) in [6.07, 6.45) is -16.8. The summed E-state index contributed by atoms with van der Waals surface area (Å²) in [5, 5.41) is 72.6. The summed E-state index contributed by atoms with van der Waals surface area (Å²) in [5.41, 5.74) is 0. The van der Waals surface area contributed by atoms with Gasteiger partial charge in [-0.2, -0.15) is 0 Å². The molecule has 13 nitrogen and oxygen atoms in total. The average molecular weight is 370 g/mol. The van der Waals surface area contributed by atoms with E-state index in [1.54, 1.807) is 0 Å². The minimum Gasteiger partial charge on any atom is -0.479 e. The molecule has 13 heteroatoms. The SMILES string of the molecule is O=C[C@H](OC(=O)C(=O)[C@H](O)[C@H](O)[C@@H](O)CO)[C@@H](O)[C@@H](O)[C@H](O)C(=O)O. The van der Waals surface area contributed by atoms with Gasteiger partial charge in [0.25, 0.3) is 5.78 Å². The highest BCUT2D eigenvalue weighted by molar-refractivity contribution is 6.35. The van der Waals surface area contributed by atoms with E-state index < -0.39 is 67.1 Å².